The molecule has 176 valence electrons. The van der Waals surface area contributed by atoms with E-state index in [4.69, 9.17) is 0 Å². The molecule has 10 heteroatoms. The van der Waals surface area contributed by atoms with Gasteiger partial charge in [0.1, 0.15) is 12.1 Å². The van der Waals surface area contributed by atoms with Gasteiger partial charge in [0, 0.05) is 11.8 Å². The molecule has 5 atom stereocenters. The van der Waals surface area contributed by atoms with E-state index in [2.05, 4.69) is 10.6 Å². The van der Waals surface area contributed by atoms with E-state index < -0.39 is 59.6 Å². The summed E-state index contributed by atoms with van der Waals surface area (Å²) < 4.78 is 0. The summed E-state index contributed by atoms with van der Waals surface area (Å²) in [6.45, 7) is 3.79. The zero-order chi connectivity index (χ0) is 23.6. The molecule has 0 radical (unpaired) electrons. The van der Waals surface area contributed by atoms with Crippen molar-refractivity contribution in [2.24, 2.45) is 17.8 Å². The van der Waals surface area contributed by atoms with Gasteiger partial charge in [0.05, 0.1) is 5.92 Å². The molecule has 2 amide bonds. The molecule has 0 aromatic rings. The molecular formula is C21H34N2O8. The second-order valence-electron chi connectivity index (χ2n) is 8.22. The smallest absolute Gasteiger partial charge is 0.326 e. The molecule has 0 spiro atoms. The topological polar surface area (TPSA) is 170 Å². The third-order valence-corrected chi connectivity index (χ3v) is 5.72. The summed E-state index contributed by atoms with van der Waals surface area (Å²) >= 11 is 0. The van der Waals surface area contributed by atoms with Crippen LogP contribution >= 0.6 is 0 Å². The number of carboxylic acids is 3. The number of hydrogen-bond acceptors (Lipinski definition) is 5. The summed E-state index contributed by atoms with van der Waals surface area (Å²) in [5.74, 6) is -7.28. The van der Waals surface area contributed by atoms with Crippen LogP contribution in [0.5, 0.6) is 0 Å². The Balaban J connectivity index is 2.90. The SMILES string of the molecule is CCCCC(NC(=O)C1CC(C(=O)O)CC(C(=O)N[C@@H](CCCC)C(=O)O)C1)C(=O)O. The van der Waals surface area contributed by atoms with Gasteiger partial charge in [-0.25, -0.2) is 9.59 Å². The number of nitrogens with one attached hydrogen (secondary N) is 2. The average Bonchev–Trinajstić information content (AvgIpc) is 2.72. The number of aliphatic carboxylic acids is 3. The van der Waals surface area contributed by atoms with Gasteiger partial charge in [-0.15, -0.1) is 0 Å². The van der Waals surface area contributed by atoms with E-state index >= 15 is 0 Å². The van der Waals surface area contributed by atoms with Crippen molar-refractivity contribution in [1.29, 1.82) is 0 Å². The van der Waals surface area contributed by atoms with Crippen molar-refractivity contribution < 1.29 is 39.3 Å². The van der Waals surface area contributed by atoms with Gasteiger partial charge in [0.2, 0.25) is 11.8 Å². The summed E-state index contributed by atoms with van der Waals surface area (Å²) in [6.07, 6.45) is 3.30. The Hall–Kier alpha value is -2.65. The van der Waals surface area contributed by atoms with Crippen LogP contribution in [0.15, 0.2) is 0 Å². The average molecular weight is 443 g/mol. The lowest BCUT2D eigenvalue weighted by Gasteiger charge is -2.32. The van der Waals surface area contributed by atoms with Crippen LogP contribution in [0.2, 0.25) is 0 Å². The molecule has 31 heavy (non-hydrogen) atoms. The second kappa shape index (κ2) is 12.9. The first kappa shape index (κ1) is 26.4. The minimum atomic E-state index is -1.16. The van der Waals surface area contributed by atoms with Crippen LogP contribution in [0.4, 0.5) is 0 Å². The number of amides is 2. The Bertz CT molecular complexity index is 618. The zero-order valence-corrected chi connectivity index (χ0v) is 18.1. The van der Waals surface area contributed by atoms with E-state index in [1.54, 1.807) is 0 Å². The fourth-order valence-corrected chi connectivity index (χ4v) is 3.86. The minimum Gasteiger partial charge on any atom is -0.481 e. The summed E-state index contributed by atoms with van der Waals surface area (Å²) in [5.41, 5.74) is 0. The van der Waals surface area contributed by atoms with E-state index in [0.717, 1.165) is 12.8 Å². The first-order valence-electron chi connectivity index (χ1n) is 10.9. The van der Waals surface area contributed by atoms with E-state index in [0.29, 0.717) is 12.8 Å². The monoisotopic (exact) mass is 442 g/mol. The maximum Gasteiger partial charge on any atom is 0.326 e. The molecule has 1 rings (SSSR count). The molecule has 1 aliphatic rings. The van der Waals surface area contributed by atoms with Gasteiger partial charge < -0.3 is 26.0 Å². The van der Waals surface area contributed by atoms with Gasteiger partial charge in [-0.1, -0.05) is 39.5 Å². The molecule has 10 nitrogen and oxygen atoms in total. The predicted octanol–water partition coefficient (Wildman–Crippen LogP) is 1.62. The third kappa shape index (κ3) is 8.55. The van der Waals surface area contributed by atoms with Crippen LogP contribution in [0.25, 0.3) is 0 Å². The fourth-order valence-electron chi connectivity index (χ4n) is 3.86. The van der Waals surface area contributed by atoms with E-state index in [9.17, 15) is 39.3 Å². The highest BCUT2D eigenvalue weighted by molar-refractivity contribution is 5.88. The fraction of sp³-hybridized carbons (Fsp3) is 0.762. The van der Waals surface area contributed by atoms with Crippen molar-refractivity contribution in [3.05, 3.63) is 0 Å². The highest BCUT2D eigenvalue weighted by Crippen LogP contribution is 2.34. The number of unbranched alkanes of at least 4 members (excludes halogenated alkanes) is 2. The summed E-state index contributed by atoms with van der Waals surface area (Å²) in [5, 5.41) is 33.0. The molecule has 0 aliphatic heterocycles. The molecule has 1 aliphatic carbocycles. The largest absolute Gasteiger partial charge is 0.481 e. The molecule has 0 aromatic carbocycles. The van der Waals surface area contributed by atoms with Crippen molar-refractivity contribution in [3.63, 3.8) is 0 Å². The summed E-state index contributed by atoms with van der Waals surface area (Å²) in [7, 11) is 0. The molecule has 5 N–H and O–H groups in total. The van der Waals surface area contributed by atoms with Crippen LogP contribution in [-0.2, 0) is 24.0 Å². The van der Waals surface area contributed by atoms with Gasteiger partial charge in [-0.2, -0.15) is 0 Å². The quantitative estimate of drug-likeness (QED) is 0.286. The van der Waals surface area contributed by atoms with Gasteiger partial charge in [-0.3, -0.25) is 14.4 Å². The van der Waals surface area contributed by atoms with Gasteiger partial charge >= 0.3 is 17.9 Å². The predicted molar refractivity (Wildman–Crippen MR) is 110 cm³/mol. The lowest BCUT2D eigenvalue weighted by Crippen LogP contribution is -2.49. The van der Waals surface area contributed by atoms with Crippen LogP contribution in [-0.4, -0.2) is 57.1 Å². The van der Waals surface area contributed by atoms with Crippen LogP contribution in [0.1, 0.15) is 71.6 Å². The molecule has 0 heterocycles. The van der Waals surface area contributed by atoms with Gasteiger partial charge in [0.25, 0.3) is 0 Å². The molecule has 0 saturated heterocycles. The molecule has 0 bridgehead atoms. The van der Waals surface area contributed by atoms with Gasteiger partial charge in [-0.05, 0) is 32.1 Å². The number of rotatable bonds is 13. The normalized spacial score (nSPS) is 22.7. The maximum absolute atomic E-state index is 12.7. The Morgan fingerprint density at radius 3 is 1.35 bits per heavy atom. The van der Waals surface area contributed by atoms with Crippen molar-refractivity contribution >= 4 is 29.7 Å². The number of hydrogen-bond donors (Lipinski definition) is 5. The van der Waals surface area contributed by atoms with Crippen molar-refractivity contribution in [2.75, 3.05) is 0 Å². The molecule has 0 aromatic heterocycles. The Kier molecular flexibility index (Phi) is 11.0. The Morgan fingerprint density at radius 2 is 1.06 bits per heavy atom. The molecule has 1 fully saturated rings. The van der Waals surface area contributed by atoms with Crippen molar-refractivity contribution in [1.82, 2.24) is 10.6 Å². The van der Waals surface area contributed by atoms with Crippen LogP contribution < -0.4 is 10.6 Å². The molecule has 1 saturated carbocycles. The van der Waals surface area contributed by atoms with Crippen molar-refractivity contribution in [2.45, 2.75) is 83.7 Å². The number of carbonyl (C=O) groups excluding carboxylic acids is 2. The zero-order valence-electron chi connectivity index (χ0n) is 18.1. The first-order valence-corrected chi connectivity index (χ1v) is 10.9. The molecule has 4 unspecified atom stereocenters. The highest BCUT2D eigenvalue weighted by Gasteiger charge is 2.40. The van der Waals surface area contributed by atoms with Crippen LogP contribution in [0.3, 0.4) is 0 Å². The lowest BCUT2D eigenvalue weighted by molar-refractivity contribution is -0.149. The standard InChI is InChI=1S/C21H34N2O8/c1-3-5-7-15(20(28)29)22-17(24)12-9-13(11-14(10-12)19(26)27)18(25)23-16(21(30)31)8-6-4-2/h12-16H,3-11H2,1-2H3,(H,22,24)(H,23,25)(H,26,27)(H,28,29)(H,30,31)/t12?,13?,14?,15-,16?/m0/s1. The van der Waals surface area contributed by atoms with Crippen LogP contribution in [0, 0.1) is 17.8 Å². The Morgan fingerprint density at radius 1 is 0.710 bits per heavy atom. The number of carboxylic acid groups (broad SMARTS) is 3. The third-order valence-electron chi connectivity index (χ3n) is 5.72. The highest BCUT2D eigenvalue weighted by atomic mass is 16.4. The van der Waals surface area contributed by atoms with E-state index in [1.807, 2.05) is 13.8 Å². The lowest BCUT2D eigenvalue weighted by atomic mass is 9.74. The van der Waals surface area contributed by atoms with Crippen molar-refractivity contribution in [3.8, 4) is 0 Å². The number of carbonyl (C=O) groups is 5. The maximum atomic E-state index is 12.7. The minimum absolute atomic E-state index is 0.00323. The summed E-state index contributed by atoms with van der Waals surface area (Å²) in [6, 6.07) is -2.15. The second-order valence-corrected chi connectivity index (χ2v) is 8.22. The van der Waals surface area contributed by atoms with E-state index in [-0.39, 0.29) is 32.1 Å². The van der Waals surface area contributed by atoms with E-state index in [1.165, 1.54) is 0 Å². The molecular weight excluding hydrogens is 408 g/mol. The first-order chi connectivity index (χ1) is 14.6. The summed E-state index contributed by atoms with van der Waals surface area (Å²) in [4.78, 5) is 59.8. The Labute approximate surface area is 181 Å². The van der Waals surface area contributed by atoms with Gasteiger partial charge in [0.15, 0.2) is 0 Å².